The number of ether oxygens (including phenoxy) is 5. The lowest BCUT2D eigenvalue weighted by atomic mass is 10.0. The number of benzene rings is 2. The van der Waals surface area contributed by atoms with Crippen molar-refractivity contribution in [1.82, 2.24) is 10.3 Å². The van der Waals surface area contributed by atoms with Gasteiger partial charge in [0, 0.05) is 19.2 Å². The maximum atomic E-state index is 13.3. The van der Waals surface area contributed by atoms with Crippen molar-refractivity contribution < 1.29 is 38.1 Å². The first kappa shape index (κ1) is 31.2. The summed E-state index contributed by atoms with van der Waals surface area (Å²) in [5.41, 5.74) is -0.136. The van der Waals surface area contributed by atoms with Crippen LogP contribution in [-0.4, -0.2) is 55.0 Å². The van der Waals surface area contributed by atoms with Crippen LogP contribution in [0.15, 0.2) is 54.7 Å². The minimum Gasteiger partial charge on any atom is -0.493 e. The van der Waals surface area contributed by atoms with Crippen molar-refractivity contribution in [3.63, 3.8) is 0 Å². The molecule has 0 spiro atoms. The van der Waals surface area contributed by atoms with Crippen molar-refractivity contribution in [2.75, 3.05) is 13.9 Å². The Balaban J connectivity index is 1.74. The number of nitrogens with zero attached hydrogens (tertiary/aromatic N) is 1. The Morgan fingerprint density at radius 3 is 2.27 bits per heavy atom. The third-order valence-corrected chi connectivity index (χ3v) is 6.39. The average molecular weight is 567 g/mol. The molecule has 1 aromatic heterocycles. The standard InChI is InChI=1S/C31H38N2O8/c1-18(2)26(33-30(35)27-29(39-17-38-21(6)34)25(37-7)14-15-32-27)31(36)40-20(5)28(19(3)4)41-24-13-12-22-10-8-9-11-23(22)16-24/h8-16,18-20,26,28H,17H2,1-7H3,(H,33,35)/t20-,26-,28+/m0/s1. The fourth-order valence-corrected chi connectivity index (χ4v) is 4.27. The number of amides is 1. The van der Waals surface area contributed by atoms with Crippen molar-refractivity contribution in [2.45, 2.75) is 59.8 Å². The van der Waals surface area contributed by atoms with Gasteiger partial charge in [-0.3, -0.25) is 9.59 Å². The van der Waals surface area contributed by atoms with Gasteiger partial charge in [0.25, 0.3) is 5.91 Å². The Bertz CT molecular complexity index is 1360. The topological polar surface area (TPSA) is 122 Å². The molecule has 10 heteroatoms. The highest BCUT2D eigenvalue weighted by Crippen LogP contribution is 2.30. The van der Waals surface area contributed by atoms with Gasteiger partial charge in [-0.15, -0.1) is 0 Å². The summed E-state index contributed by atoms with van der Waals surface area (Å²) < 4.78 is 27.7. The molecule has 0 fully saturated rings. The SMILES string of the molecule is COc1ccnc(C(=O)N[C@H](C(=O)O[C@@H](C)[C@H](Oc2ccc3ccccc3c2)C(C)C)C(C)C)c1OCOC(C)=O. The fourth-order valence-electron chi connectivity index (χ4n) is 4.27. The maximum absolute atomic E-state index is 13.3. The lowest BCUT2D eigenvalue weighted by molar-refractivity contribution is -0.157. The van der Waals surface area contributed by atoms with Gasteiger partial charge >= 0.3 is 11.9 Å². The first-order valence-electron chi connectivity index (χ1n) is 13.5. The highest BCUT2D eigenvalue weighted by molar-refractivity contribution is 5.98. The lowest BCUT2D eigenvalue weighted by Gasteiger charge is -2.30. The Labute approximate surface area is 240 Å². The monoisotopic (exact) mass is 566 g/mol. The minimum atomic E-state index is -0.993. The Hall–Kier alpha value is -4.34. The number of esters is 2. The van der Waals surface area contributed by atoms with Crippen LogP contribution in [0.2, 0.25) is 0 Å². The van der Waals surface area contributed by atoms with E-state index in [0.717, 1.165) is 10.8 Å². The molecule has 41 heavy (non-hydrogen) atoms. The first-order chi connectivity index (χ1) is 19.5. The van der Waals surface area contributed by atoms with Gasteiger partial charge in [0.1, 0.15) is 24.0 Å². The number of carbonyl (C=O) groups is 3. The molecule has 1 heterocycles. The van der Waals surface area contributed by atoms with Crippen LogP contribution in [0.1, 0.15) is 52.0 Å². The van der Waals surface area contributed by atoms with E-state index in [0.29, 0.717) is 5.75 Å². The number of rotatable bonds is 13. The molecule has 1 N–H and O–H groups in total. The summed E-state index contributed by atoms with van der Waals surface area (Å²) in [6.45, 7) is 10.1. The van der Waals surface area contributed by atoms with Crippen LogP contribution in [0, 0.1) is 11.8 Å². The molecule has 0 aliphatic rings. The van der Waals surface area contributed by atoms with E-state index >= 15 is 0 Å². The van der Waals surface area contributed by atoms with Crippen molar-refractivity contribution in [2.24, 2.45) is 11.8 Å². The molecule has 0 bridgehead atoms. The molecule has 0 aliphatic heterocycles. The second kappa shape index (κ2) is 14.3. The summed E-state index contributed by atoms with van der Waals surface area (Å²) in [6.07, 6.45) is 0.309. The van der Waals surface area contributed by atoms with Crippen LogP contribution < -0.4 is 19.5 Å². The van der Waals surface area contributed by atoms with Gasteiger partial charge in [0.05, 0.1) is 7.11 Å². The predicted molar refractivity (Wildman–Crippen MR) is 153 cm³/mol. The number of hydrogen-bond acceptors (Lipinski definition) is 9. The van der Waals surface area contributed by atoms with Crippen LogP contribution in [-0.2, 0) is 19.1 Å². The molecule has 3 rings (SSSR count). The molecule has 220 valence electrons. The van der Waals surface area contributed by atoms with Gasteiger partial charge in [-0.2, -0.15) is 0 Å². The third kappa shape index (κ3) is 8.33. The average Bonchev–Trinajstić information content (AvgIpc) is 2.93. The molecule has 0 saturated heterocycles. The molecular weight excluding hydrogens is 528 g/mol. The fraction of sp³-hybridized carbons (Fsp3) is 0.419. The molecule has 0 saturated carbocycles. The van der Waals surface area contributed by atoms with Gasteiger partial charge in [-0.1, -0.05) is 58.0 Å². The molecule has 0 unspecified atom stereocenters. The number of carbonyl (C=O) groups excluding carboxylic acids is 3. The molecule has 1 amide bonds. The summed E-state index contributed by atoms with van der Waals surface area (Å²) in [5, 5.41) is 4.85. The quantitative estimate of drug-likeness (QED) is 0.227. The van der Waals surface area contributed by atoms with Crippen LogP contribution >= 0.6 is 0 Å². The zero-order valence-electron chi connectivity index (χ0n) is 24.5. The second-order valence-electron chi connectivity index (χ2n) is 10.3. The summed E-state index contributed by atoms with van der Waals surface area (Å²) in [7, 11) is 1.40. The number of aromatic nitrogens is 1. The highest BCUT2D eigenvalue weighted by atomic mass is 16.7. The zero-order chi connectivity index (χ0) is 30.1. The summed E-state index contributed by atoms with van der Waals surface area (Å²) in [4.78, 5) is 41.9. The first-order valence-corrected chi connectivity index (χ1v) is 13.5. The van der Waals surface area contributed by atoms with E-state index in [1.54, 1.807) is 20.8 Å². The summed E-state index contributed by atoms with van der Waals surface area (Å²) in [6, 6.07) is 14.3. The van der Waals surface area contributed by atoms with E-state index in [1.165, 1.54) is 26.3 Å². The largest absolute Gasteiger partial charge is 0.493 e. The van der Waals surface area contributed by atoms with Crippen molar-refractivity contribution >= 4 is 28.6 Å². The van der Waals surface area contributed by atoms with Crippen LogP contribution in [0.3, 0.4) is 0 Å². The van der Waals surface area contributed by atoms with E-state index in [1.807, 2.05) is 56.3 Å². The molecule has 10 nitrogen and oxygen atoms in total. The maximum Gasteiger partial charge on any atom is 0.329 e. The molecule has 0 aliphatic carbocycles. The van der Waals surface area contributed by atoms with E-state index in [-0.39, 0.29) is 29.0 Å². The summed E-state index contributed by atoms with van der Waals surface area (Å²) in [5.74, 6) is -1.29. The van der Waals surface area contributed by atoms with Gasteiger partial charge in [0.2, 0.25) is 6.79 Å². The second-order valence-corrected chi connectivity index (χ2v) is 10.3. The Morgan fingerprint density at radius 1 is 0.927 bits per heavy atom. The number of nitrogens with one attached hydrogen (secondary N) is 1. The molecular formula is C31H38N2O8. The number of fused-ring (bicyclic) bond motifs is 1. The number of pyridine rings is 1. The molecule has 3 aromatic rings. The van der Waals surface area contributed by atoms with E-state index in [9.17, 15) is 14.4 Å². The lowest BCUT2D eigenvalue weighted by Crippen LogP contribution is -2.48. The van der Waals surface area contributed by atoms with E-state index in [2.05, 4.69) is 10.3 Å². The van der Waals surface area contributed by atoms with Crippen molar-refractivity contribution in [3.8, 4) is 17.2 Å². The van der Waals surface area contributed by atoms with Crippen molar-refractivity contribution in [3.05, 3.63) is 60.4 Å². The van der Waals surface area contributed by atoms with Crippen LogP contribution in [0.25, 0.3) is 10.8 Å². The van der Waals surface area contributed by atoms with Gasteiger partial charge in [0.15, 0.2) is 17.2 Å². The van der Waals surface area contributed by atoms with Crippen LogP contribution in [0.5, 0.6) is 17.2 Å². The summed E-state index contributed by atoms with van der Waals surface area (Å²) >= 11 is 0. The van der Waals surface area contributed by atoms with Gasteiger partial charge in [-0.05, 0) is 41.7 Å². The van der Waals surface area contributed by atoms with E-state index in [4.69, 9.17) is 23.7 Å². The van der Waals surface area contributed by atoms with Crippen LogP contribution in [0.4, 0.5) is 0 Å². The highest BCUT2D eigenvalue weighted by Gasteiger charge is 2.33. The van der Waals surface area contributed by atoms with Crippen molar-refractivity contribution in [1.29, 1.82) is 0 Å². The molecule has 2 aromatic carbocycles. The van der Waals surface area contributed by atoms with Gasteiger partial charge < -0.3 is 29.0 Å². The van der Waals surface area contributed by atoms with Gasteiger partial charge in [-0.25, -0.2) is 9.78 Å². The minimum absolute atomic E-state index is 0.0225. The zero-order valence-corrected chi connectivity index (χ0v) is 24.5. The molecule has 0 radical (unpaired) electrons. The third-order valence-electron chi connectivity index (χ3n) is 6.39. The number of hydrogen-bond donors (Lipinski definition) is 1. The smallest absolute Gasteiger partial charge is 0.329 e. The molecule has 3 atom stereocenters. The normalized spacial score (nSPS) is 13.3. The number of methoxy groups -OCH3 is 1. The van der Waals surface area contributed by atoms with E-state index < -0.39 is 42.9 Å². The predicted octanol–water partition coefficient (Wildman–Crippen LogP) is 4.93. The Morgan fingerprint density at radius 2 is 1.63 bits per heavy atom. The Kier molecular flexibility index (Phi) is 10.9.